The molecule has 5 nitrogen and oxygen atoms in total. The highest BCUT2D eigenvalue weighted by atomic mass is 16.5. The second kappa shape index (κ2) is 5.14. The fraction of sp³-hybridized carbons (Fsp3) is 0.500. The van der Waals surface area contributed by atoms with E-state index in [-0.39, 0.29) is 0 Å². The van der Waals surface area contributed by atoms with Crippen LogP contribution >= 0.6 is 0 Å². The van der Waals surface area contributed by atoms with Gasteiger partial charge in [-0.05, 0) is 18.9 Å². The lowest BCUT2D eigenvalue weighted by molar-refractivity contribution is -0.142. The second-order valence-corrected chi connectivity index (χ2v) is 4.11. The van der Waals surface area contributed by atoms with Gasteiger partial charge in [0.05, 0.1) is 7.11 Å². The third-order valence-corrected chi connectivity index (χ3v) is 3.01. The van der Waals surface area contributed by atoms with Crippen molar-refractivity contribution in [3.05, 3.63) is 23.9 Å². The number of aromatic nitrogens is 1. The van der Waals surface area contributed by atoms with Crippen molar-refractivity contribution in [1.29, 1.82) is 0 Å². The average molecular weight is 235 g/mol. The molecule has 0 spiro atoms. The number of hydrogen-bond acceptors (Lipinski definition) is 5. The fourth-order valence-corrected chi connectivity index (χ4v) is 2.10. The largest absolute Gasteiger partial charge is 0.468 e. The van der Waals surface area contributed by atoms with E-state index in [1.165, 1.54) is 7.11 Å². The topological polar surface area (TPSA) is 68.5 Å². The van der Waals surface area contributed by atoms with Gasteiger partial charge >= 0.3 is 5.97 Å². The number of hydrogen-bond donors (Lipinski definition) is 1. The van der Waals surface area contributed by atoms with E-state index in [0.717, 1.165) is 37.3 Å². The molecule has 92 valence electrons. The van der Waals surface area contributed by atoms with Crippen LogP contribution in [0.15, 0.2) is 18.3 Å². The van der Waals surface area contributed by atoms with Gasteiger partial charge in [0.15, 0.2) is 0 Å². The second-order valence-electron chi connectivity index (χ2n) is 4.11. The molecule has 1 aromatic rings. The molecular formula is C12H17N3O2. The molecule has 17 heavy (non-hydrogen) atoms. The van der Waals surface area contributed by atoms with Crippen LogP contribution in [0.5, 0.6) is 0 Å². The Morgan fingerprint density at radius 1 is 1.53 bits per heavy atom. The van der Waals surface area contributed by atoms with Crippen molar-refractivity contribution in [1.82, 2.24) is 4.98 Å². The van der Waals surface area contributed by atoms with Gasteiger partial charge in [-0.1, -0.05) is 6.07 Å². The molecule has 0 amide bonds. The smallest absolute Gasteiger partial charge is 0.327 e. The normalized spacial score (nSPS) is 16.9. The number of pyridine rings is 1. The minimum atomic E-state index is -0.760. The van der Waals surface area contributed by atoms with E-state index in [0.29, 0.717) is 0 Å². The molecule has 1 saturated heterocycles. The first-order chi connectivity index (χ1) is 8.24. The van der Waals surface area contributed by atoms with E-state index in [4.69, 9.17) is 5.73 Å². The van der Waals surface area contributed by atoms with Crippen LogP contribution in [0.25, 0.3) is 0 Å². The lowest BCUT2D eigenvalue weighted by Crippen LogP contribution is -2.27. The molecule has 1 atom stereocenters. The maximum atomic E-state index is 11.5. The highest BCUT2D eigenvalue weighted by molar-refractivity contribution is 5.79. The molecular weight excluding hydrogens is 218 g/mol. The molecule has 1 aromatic heterocycles. The first kappa shape index (κ1) is 11.9. The van der Waals surface area contributed by atoms with Gasteiger partial charge in [-0.3, -0.25) is 4.79 Å². The number of anilines is 1. The van der Waals surface area contributed by atoms with Crippen LogP contribution in [0.1, 0.15) is 24.4 Å². The van der Waals surface area contributed by atoms with Crippen LogP contribution in [0, 0.1) is 0 Å². The van der Waals surface area contributed by atoms with Crippen molar-refractivity contribution in [2.45, 2.75) is 18.9 Å². The lowest BCUT2D eigenvalue weighted by Gasteiger charge is -2.21. The molecule has 0 saturated carbocycles. The third kappa shape index (κ3) is 2.39. The molecule has 1 aliphatic heterocycles. The molecule has 1 fully saturated rings. The maximum absolute atomic E-state index is 11.5. The Hall–Kier alpha value is -1.62. The van der Waals surface area contributed by atoms with E-state index in [1.54, 1.807) is 12.3 Å². The molecule has 0 aromatic carbocycles. The summed E-state index contributed by atoms with van der Waals surface area (Å²) in [6.07, 6.45) is 4.04. The molecule has 2 heterocycles. The van der Waals surface area contributed by atoms with E-state index in [2.05, 4.69) is 14.6 Å². The molecule has 5 heteroatoms. The molecule has 1 unspecified atom stereocenters. The highest BCUT2D eigenvalue weighted by Gasteiger charge is 2.24. The Labute approximate surface area is 101 Å². The van der Waals surface area contributed by atoms with Crippen LogP contribution in [-0.2, 0) is 9.53 Å². The summed E-state index contributed by atoms with van der Waals surface area (Å²) in [5, 5.41) is 0. The number of carbonyl (C=O) groups excluding carboxylic acids is 1. The number of methoxy groups -OCH3 is 1. The molecule has 2 N–H and O–H groups in total. The Morgan fingerprint density at radius 2 is 2.24 bits per heavy atom. The van der Waals surface area contributed by atoms with Gasteiger partial charge in [-0.25, -0.2) is 4.98 Å². The number of rotatable bonds is 3. The van der Waals surface area contributed by atoms with Crippen molar-refractivity contribution in [2.75, 3.05) is 25.1 Å². The Bertz CT molecular complexity index is 402. The minimum Gasteiger partial charge on any atom is -0.468 e. The number of esters is 1. The van der Waals surface area contributed by atoms with E-state index >= 15 is 0 Å². The van der Waals surface area contributed by atoms with Gasteiger partial charge in [0.2, 0.25) is 0 Å². The first-order valence-electron chi connectivity index (χ1n) is 5.77. The lowest BCUT2D eigenvalue weighted by atomic mass is 10.1. The zero-order valence-corrected chi connectivity index (χ0v) is 9.93. The van der Waals surface area contributed by atoms with E-state index in [1.807, 2.05) is 6.07 Å². The Balaban J connectivity index is 2.29. The zero-order chi connectivity index (χ0) is 12.3. The predicted octanol–water partition coefficient (Wildman–Crippen LogP) is 0.855. The van der Waals surface area contributed by atoms with Crippen LogP contribution in [0.3, 0.4) is 0 Å². The van der Waals surface area contributed by atoms with Crippen LogP contribution in [-0.4, -0.2) is 31.2 Å². The molecule has 1 aliphatic rings. The Kier molecular flexibility index (Phi) is 3.58. The summed E-state index contributed by atoms with van der Waals surface area (Å²) < 4.78 is 4.67. The van der Waals surface area contributed by atoms with Crippen molar-refractivity contribution >= 4 is 11.8 Å². The van der Waals surface area contributed by atoms with Crippen molar-refractivity contribution in [3.8, 4) is 0 Å². The van der Waals surface area contributed by atoms with Gasteiger partial charge in [0.1, 0.15) is 11.9 Å². The van der Waals surface area contributed by atoms with Crippen LogP contribution in [0.2, 0.25) is 0 Å². The number of nitrogens with two attached hydrogens (primary N) is 1. The summed E-state index contributed by atoms with van der Waals surface area (Å²) in [6, 6.07) is 2.87. The quantitative estimate of drug-likeness (QED) is 0.787. The van der Waals surface area contributed by atoms with Crippen LogP contribution < -0.4 is 10.6 Å². The third-order valence-electron chi connectivity index (χ3n) is 3.01. The van der Waals surface area contributed by atoms with Gasteiger partial charge < -0.3 is 15.4 Å². The average Bonchev–Trinajstić information content (AvgIpc) is 2.90. The van der Waals surface area contributed by atoms with Crippen molar-refractivity contribution < 1.29 is 9.53 Å². The van der Waals surface area contributed by atoms with Gasteiger partial charge in [-0.2, -0.15) is 0 Å². The molecule has 2 rings (SSSR count). The van der Waals surface area contributed by atoms with E-state index < -0.39 is 12.0 Å². The van der Waals surface area contributed by atoms with Crippen molar-refractivity contribution in [3.63, 3.8) is 0 Å². The predicted molar refractivity (Wildman–Crippen MR) is 64.6 cm³/mol. The number of ether oxygens (including phenoxy) is 1. The maximum Gasteiger partial charge on any atom is 0.327 e. The summed E-state index contributed by atoms with van der Waals surface area (Å²) in [7, 11) is 1.34. The molecule has 0 aliphatic carbocycles. The monoisotopic (exact) mass is 235 g/mol. The molecule has 0 radical (unpaired) electrons. The van der Waals surface area contributed by atoms with Crippen molar-refractivity contribution in [2.24, 2.45) is 5.73 Å². The summed E-state index contributed by atoms with van der Waals surface area (Å²) in [5.41, 5.74) is 6.61. The minimum absolute atomic E-state index is 0.432. The van der Waals surface area contributed by atoms with E-state index in [9.17, 15) is 4.79 Å². The fourth-order valence-electron chi connectivity index (χ4n) is 2.10. The van der Waals surface area contributed by atoms with Gasteiger partial charge in [0.25, 0.3) is 0 Å². The van der Waals surface area contributed by atoms with Crippen LogP contribution in [0.4, 0.5) is 5.82 Å². The summed E-state index contributed by atoms with van der Waals surface area (Å²) in [4.78, 5) is 18.0. The summed E-state index contributed by atoms with van der Waals surface area (Å²) >= 11 is 0. The zero-order valence-electron chi connectivity index (χ0n) is 9.93. The molecule has 0 bridgehead atoms. The number of nitrogens with zero attached hydrogens (tertiary/aromatic N) is 2. The van der Waals surface area contributed by atoms with Gasteiger partial charge in [0, 0.05) is 24.8 Å². The SMILES string of the molecule is COC(=O)C(N)c1cccnc1N1CCCC1. The summed E-state index contributed by atoms with van der Waals surface area (Å²) in [6.45, 7) is 1.94. The summed E-state index contributed by atoms with van der Waals surface area (Å²) in [5.74, 6) is 0.376. The first-order valence-corrected chi connectivity index (χ1v) is 5.77. The highest BCUT2D eigenvalue weighted by Crippen LogP contribution is 2.26. The number of carbonyl (C=O) groups is 1. The van der Waals surface area contributed by atoms with Gasteiger partial charge in [-0.15, -0.1) is 0 Å². The standard InChI is InChI=1S/C12H17N3O2/c1-17-12(16)10(13)9-5-4-6-14-11(9)15-7-2-3-8-15/h4-6,10H,2-3,7-8,13H2,1H3. The Morgan fingerprint density at radius 3 is 2.88 bits per heavy atom.